The molecule has 0 spiro atoms. The number of halogens is 3. The van der Waals surface area contributed by atoms with Crippen molar-refractivity contribution in [3.8, 4) is 91.1 Å². The van der Waals surface area contributed by atoms with E-state index in [0.717, 1.165) is 178 Å². The Morgan fingerprint density at radius 3 is 1.11 bits per heavy atom. The Bertz CT molecular complexity index is 7550. The van der Waals surface area contributed by atoms with Crippen molar-refractivity contribution < 1.29 is 51.3 Å². The van der Waals surface area contributed by atoms with Gasteiger partial charge in [-0.2, -0.15) is 17.4 Å². The van der Waals surface area contributed by atoms with Crippen LogP contribution in [0.25, 0.3) is 165 Å². The summed E-state index contributed by atoms with van der Waals surface area (Å²) in [6.07, 6.45) is 26.7. The van der Waals surface area contributed by atoms with Crippen LogP contribution < -0.4 is 0 Å². The number of benzene rings is 10. The van der Waals surface area contributed by atoms with E-state index in [1.165, 1.54) is 159 Å². The zero-order chi connectivity index (χ0) is 84.7. The quantitative estimate of drug-likeness (QED) is 0.0438. The van der Waals surface area contributed by atoms with Gasteiger partial charge in [0.05, 0.1) is 70.6 Å². The van der Waals surface area contributed by atoms with E-state index in [4.69, 9.17) is 16.3 Å². The Labute approximate surface area is 771 Å². The van der Waals surface area contributed by atoms with E-state index in [0.29, 0.717) is 17.4 Å². The molecule has 0 fully saturated rings. The van der Waals surface area contributed by atoms with Gasteiger partial charge in [-0.15, -0.1) is 17.7 Å². The number of nitriles is 1. The maximum atomic E-state index is 10.2. The Hall–Kier alpha value is -12.2. The SMILES string of the molecule is N#CC1CCc2c(c(-c3ccc(O)cc3)[nH]c3ccc4nccc4c23)C1.Oc1[c-]cc(-c2[nH]c3ccc4nccc4c3c3c2CCCC3)cc1.Oc1c(I)cc(-c2[nH]c3ccc4nccc4c3c3c2CCCC3)cc1I.Oc1ccc(-c2[nH]c3ccc4nccc4c3c3c2CCCC3)cc1Cl.Oc1ccc(-c2[nH]c3ccc4nccc4c3c3c2COCC3)cc1.[Mo]. The van der Waals surface area contributed by atoms with Crippen molar-refractivity contribution in [3.05, 3.63) is 293 Å². The molecule has 0 saturated carbocycles. The second-order valence-corrected chi connectivity index (χ2v) is 35.8. The predicted octanol–water partition coefficient (Wildman–Crippen LogP) is 25.4. The first-order valence-corrected chi connectivity index (χ1v) is 45.3. The molecule has 0 bridgehead atoms. The number of rotatable bonds is 5. The number of aromatic nitrogens is 10. The van der Waals surface area contributed by atoms with Crippen molar-refractivity contribution in [1.82, 2.24) is 49.8 Å². The van der Waals surface area contributed by atoms with Gasteiger partial charge in [-0.3, -0.25) is 24.9 Å². The molecule has 1 aliphatic heterocycles. The number of nitrogens with one attached hydrogen (secondary N) is 5. The van der Waals surface area contributed by atoms with Crippen LogP contribution in [0.4, 0.5) is 0 Å². The molecule has 17 nitrogen and oxygen atoms in total. The molecule has 21 heteroatoms. The number of pyridine rings is 5. The van der Waals surface area contributed by atoms with E-state index in [1.54, 1.807) is 36.4 Å². The average molecular weight is 1980 g/mol. The summed E-state index contributed by atoms with van der Waals surface area (Å²) < 4.78 is 7.51. The van der Waals surface area contributed by atoms with Gasteiger partial charge in [-0.05, 0) is 390 Å². The van der Waals surface area contributed by atoms with Crippen LogP contribution in [0.5, 0.6) is 28.7 Å². The van der Waals surface area contributed by atoms with E-state index in [2.05, 4.69) is 204 Å². The standard InChI is InChI=1S/C22H17N3O.C21H17ClN2O.C21H16I2N2O.C21H17N2O.C20H16N2O2.Mo/c23-12-13-1-6-16-18(11-13)22(14-2-4-15(26)5-3-14)25-20-8-7-19-17(21(16)20)9-10-24-19;22-16-11-12(5-8-19(16)25)21-14-4-2-1-3-13(14)20-15-9-10-23-17(15)6-7-18(20)24-21;22-15-9-11(10-16(23)21(15)26)20-13-4-2-1-3-12(13)19-14-7-8-24-17(14)5-6-18(19)25-20;24-14-7-5-13(6-8-14)21-16-4-2-1-3-15(16)20-17-11-12-22-18(17)9-10-19(20)23-21;23-13-3-1-12(2-4-13)20-16-11-24-10-8-14(16)19-15-7-9-21-17(15)5-6-18(19)22-20;/h2-5,7-10,13,25-26H,1,6,11H2;5-11,24-25H,1-4H2;5-10,25-26H,1-4H2;5-7,9-12,23-24H,1-4H2;1-7,9,22-23H,8,10-11H2;/q;;;-1;;. The molecule has 11 heterocycles. The van der Waals surface area contributed by atoms with E-state index < -0.39 is 0 Å². The van der Waals surface area contributed by atoms with E-state index in [-0.39, 0.29) is 50.0 Å². The minimum Gasteiger partial charge on any atom is -0.534 e. The second-order valence-electron chi connectivity index (χ2n) is 33.1. The molecule has 0 saturated heterocycles. The van der Waals surface area contributed by atoms with Crippen LogP contribution in [0.2, 0.25) is 5.02 Å². The minimum absolute atomic E-state index is 0. The summed E-state index contributed by atoms with van der Waals surface area (Å²) in [5.41, 5.74) is 35.4. The van der Waals surface area contributed by atoms with Gasteiger partial charge in [0, 0.05) is 167 Å². The molecule has 1 unspecified atom stereocenters. The summed E-state index contributed by atoms with van der Waals surface area (Å²) in [6.45, 7) is 1.34. The third-order valence-electron chi connectivity index (χ3n) is 25.9. The first-order valence-electron chi connectivity index (χ1n) is 42.7. The van der Waals surface area contributed by atoms with Gasteiger partial charge in [-0.1, -0.05) is 11.6 Å². The number of phenols is 5. The smallest absolute Gasteiger partial charge is 0.142 e. The largest absolute Gasteiger partial charge is 0.534 e. The fourth-order valence-electron chi connectivity index (χ4n) is 20.1. The Kier molecular flexibility index (Phi) is 22.6. The summed E-state index contributed by atoms with van der Waals surface area (Å²) in [7, 11) is 0. The zero-order valence-electron chi connectivity index (χ0n) is 68.5. The fourth-order valence-corrected chi connectivity index (χ4v) is 22.0. The number of hydrogen-bond acceptors (Lipinski definition) is 12. The molecule has 1 atom stereocenters. The van der Waals surface area contributed by atoms with Crippen molar-refractivity contribution in [2.45, 2.75) is 109 Å². The molecule has 20 aromatic rings. The third-order valence-corrected chi connectivity index (χ3v) is 27.8. The van der Waals surface area contributed by atoms with E-state index in [9.17, 15) is 30.8 Å². The second kappa shape index (κ2) is 34.6. The van der Waals surface area contributed by atoms with Crippen LogP contribution in [-0.4, -0.2) is 82.0 Å². The first kappa shape index (κ1) is 82.1. The summed E-state index contributed by atoms with van der Waals surface area (Å²) >= 11 is 10.6. The summed E-state index contributed by atoms with van der Waals surface area (Å²) in [5, 5.41) is 71.0. The first-order chi connectivity index (χ1) is 61.2. The number of nitrogens with zero attached hydrogens (tertiary/aromatic N) is 6. The number of phenolic OH excluding ortho intramolecular Hbond substituents is 5. The number of ether oxygens (including phenoxy) is 1. The maximum absolute atomic E-state index is 10.2. The normalized spacial score (nSPS) is 14.5. The number of hydrogen-bond donors (Lipinski definition) is 10. The van der Waals surface area contributed by atoms with Crippen LogP contribution >= 0.6 is 56.8 Å². The van der Waals surface area contributed by atoms with Gasteiger partial charge in [0.1, 0.15) is 23.0 Å². The van der Waals surface area contributed by atoms with E-state index in [1.807, 2.05) is 85.6 Å². The van der Waals surface area contributed by atoms with Gasteiger partial charge in [-0.25, -0.2) is 0 Å². The minimum atomic E-state index is 0. The molecule has 0 radical (unpaired) electrons. The van der Waals surface area contributed by atoms with Crippen LogP contribution in [0, 0.1) is 30.5 Å². The number of fused-ring (bicyclic) bond motifs is 25. The van der Waals surface area contributed by atoms with Crippen LogP contribution in [0.3, 0.4) is 0 Å². The molecule has 10 N–H and O–H groups in total. The monoisotopic (exact) mass is 1980 g/mol. The topological polar surface area (TPSA) is 278 Å². The fraction of sp³-hybridized carbons (Fsp3) is 0.181. The average Bonchev–Trinajstić information content (AvgIpc) is 1.52. The zero-order valence-corrected chi connectivity index (χ0v) is 75.5. The molecular weight excluding hydrogens is 1900 g/mol. The Morgan fingerprint density at radius 1 is 0.373 bits per heavy atom. The summed E-state index contributed by atoms with van der Waals surface area (Å²) in [4.78, 5) is 40.5. The molecule has 126 heavy (non-hydrogen) atoms. The number of aromatic amines is 5. The van der Waals surface area contributed by atoms with Gasteiger partial charge in [0.15, 0.2) is 0 Å². The number of aryl methyl sites for hydroxylation is 4. The van der Waals surface area contributed by atoms with Gasteiger partial charge >= 0.3 is 0 Å². The Morgan fingerprint density at radius 2 is 0.722 bits per heavy atom. The molecule has 5 aliphatic rings. The Balaban J connectivity index is 0.0000000992. The van der Waals surface area contributed by atoms with Crippen LogP contribution in [0.15, 0.2) is 219 Å². The summed E-state index contributed by atoms with van der Waals surface area (Å²) in [6, 6.07) is 66.5. The summed E-state index contributed by atoms with van der Waals surface area (Å²) in [5.74, 6) is 1.23. The van der Waals surface area contributed by atoms with Gasteiger partial charge < -0.3 is 55.2 Å². The van der Waals surface area contributed by atoms with Crippen LogP contribution in [0.1, 0.15) is 101 Å². The van der Waals surface area contributed by atoms with Crippen molar-refractivity contribution in [2.24, 2.45) is 5.92 Å². The number of aromatic hydroxyl groups is 5. The predicted molar refractivity (Wildman–Crippen MR) is 517 cm³/mol. The van der Waals surface area contributed by atoms with Gasteiger partial charge in [0.2, 0.25) is 0 Å². The van der Waals surface area contributed by atoms with Crippen LogP contribution in [-0.2, 0) is 90.2 Å². The maximum Gasteiger partial charge on any atom is 0.142 e. The molecule has 622 valence electrons. The molecule has 25 rings (SSSR count). The van der Waals surface area contributed by atoms with Gasteiger partial charge in [0.25, 0.3) is 0 Å². The molecule has 10 aromatic heterocycles. The molecular formula is C105H83ClI2MoN11O6-. The molecule has 4 aliphatic carbocycles. The van der Waals surface area contributed by atoms with Crippen molar-refractivity contribution in [1.29, 1.82) is 5.26 Å². The van der Waals surface area contributed by atoms with Crippen molar-refractivity contribution in [2.75, 3.05) is 6.61 Å². The number of H-pyrrole nitrogens is 5. The third kappa shape index (κ3) is 15.2. The van der Waals surface area contributed by atoms with Crippen molar-refractivity contribution >= 4 is 166 Å². The van der Waals surface area contributed by atoms with Crippen molar-refractivity contribution in [3.63, 3.8) is 0 Å². The van der Waals surface area contributed by atoms with E-state index >= 15 is 0 Å². The molecule has 10 aromatic carbocycles. The molecule has 0 amide bonds.